The number of hydrogen-bond donors (Lipinski definition) is 1. The smallest absolute Gasteiger partial charge is 0.257 e. The maximum absolute atomic E-state index is 9.67. The first kappa shape index (κ1) is 32.9. The third kappa shape index (κ3) is 7.66. The van der Waals surface area contributed by atoms with Crippen molar-refractivity contribution in [3.05, 3.63) is 48.7 Å². The van der Waals surface area contributed by atoms with Gasteiger partial charge in [0.05, 0.1) is 44.2 Å². The van der Waals surface area contributed by atoms with Crippen LogP contribution in [0.1, 0.15) is 64.0 Å². The fraction of sp³-hybridized carbons (Fsp3) is 0.559. The number of nitrogens with one attached hydrogen (secondary N) is 1. The number of morpholine rings is 1. The fourth-order valence-electron chi connectivity index (χ4n) is 7.31. The summed E-state index contributed by atoms with van der Waals surface area (Å²) in [4.78, 5) is 12.0. The van der Waals surface area contributed by atoms with Crippen LogP contribution in [0, 0.1) is 11.3 Å². The van der Waals surface area contributed by atoms with E-state index in [9.17, 15) is 5.26 Å². The molecular weight excluding hydrogens is 626 g/mol. The van der Waals surface area contributed by atoms with Gasteiger partial charge >= 0.3 is 0 Å². The van der Waals surface area contributed by atoms with Crippen LogP contribution in [-0.4, -0.2) is 102 Å². The SMILES string of the molecule is CCOCCOc1nn([C@H]2CC[C@H](N3[C@@H]4CC[C@H]3COC4)CC2)cc1Nc1ncc(-c2ccc(C#N)c(O[C@@H](C)Cn3cnnn3)c2)cn1. The van der Waals surface area contributed by atoms with Crippen molar-refractivity contribution in [3.63, 3.8) is 0 Å². The summed E-state index contributed by atoms with van der Waals surface area (Å²) < 4.78 is 27.1. The molecule has 3 atom stereocenters. The number of tetrazole rings is 1. The zero-order valence-electron chi connectivity index (χ0n) is 28.0. The van der Waals surface area contributed by atoms with Crippen LogP contribution in [0.25, 0.3) is 11.1 Å². The van der Waals surface area contributed by atoms with Crippen LogP contribution in [0.5, 0.6) is 11.6 Å². The van der Waals surface area contributed by atoms with Crippen molar-refractivity contribution in [3.8, 4) is 28.8 Å². The average Bonchev–Trinajstić information content (AvgIpc) is 3.85. The molecule has 5 heterocycles. The molecule has 15 heteroatoms. The lowest BCUT2D eigenvalue weighted by atomic mass is 9.89. The molecule has 3 fully saturated rings. The monoisotopic (exact) mass is 669 g/mol. The van der Waals surface area contributed by atoms with Crippen LogP contribution in [0.3, 0.4) is 0 Å². The van der Waals surface area contributed by atoms with Gasteiger partial charge in [-0.3, -0.25) is 9.58 Å². The number of fused-ring (bicyclic) bond motifs is 2. The predicted octanol–water partition coefficient (Wildman–Crippen LogP) is 4.17. The number of anilines is 2. The van der Waals surface area contributed by atoms with Crippen LogP contribution in [0.15, 0.2) is 43.1 Å². The van der Waals surface area contributed by atoms with Crippen molar-refractivity contribution >= 4 is 11.6 Å². The molecule has 1 N–H and O–H groups in total. The van der Waals surface area contributed by atoms with Gasteiger partial charge in [-0.2, -0.15) is 5.26 Å². The molecular formula is C34H43N11O4. The number of nitrogens with zero attached hydrogens (tertiary/aromatic N) is 10. The van der Waals surface area contributed by atoms with E-state index in [1.165, 1.54) is 19.2 Å². The minimum atomic E-state index is -0.269. The van der Waals surface area contributed by atoms with Gasteiger partial charge in [0, 0.05) is 42.7 Å². The van der Waals surface area contributed by atoms with Crippen LogP contribution in [0.2, 0.25) is 0 Å². The van der Waals surface area contributed by atoms with Gasteiger partial charge in [-0.25, -0.2) is 14.6 Å². The predicted molar refractivity (Wildman–Crippen MR) is 178 cm³/mol. The molecule has 15 nitrogen and oxygen atoms in total. The minimum Gasteiger partial charge on any atom is -0.487 e. The van der Waals surface area contributed by atoms with Crippen molar-refractivity contribution in [1.82, 2.24) is 44.9 Å². The van der Waals surface area contributed by atoms with Gasteiger partial charge < -0.3 is 24.3 Å². The molecule has 1 aliphatic carbocycles. The highest BCUT2D eigenvalue weighted by molar-refractivity contribution is 5.67. The van der Waals surface area contributed by atoms with Crippen LogP contribution < -0.4 is 14.8 Å². The number of hydrogen-bond acceptors (Lipinski definition) is 13. The van der Waals surface area contributed by atoms with E-state index in [4.69, 9.17) is 24.0 Å². The molecule has 3 aromatic heterocycles. The number of ether oxygens (including phenoxy) is 4. The molecule has 2 saturated heterocycles. The summed E-state index contributed by atoms with van der Waals surface area (Å²) in [6, 6.07) is 9.72. The van der Waals surface area contributed by atoms with Crippen molar-refractivity contribution in [2.75, 3.05) is 38.4 Å². The summed E-state index contributed by atoms with van der Waals surface area (Å²) in [5, 5.41) is 29.1. The quantitative estimate of drug-likeness (QED) is 0.191. The van der Waals surface area contributed by atoms with Gasteiger partial charge in [-0.15, -0.1) is 10.2 Å². The molecule has 49 heavy (non-hydrogen) atoms. The van der Waals surface area contributed by atoms with Gasteiger partial charge in [0.2, 0.25) is 5.95 Å². The molecule has 1 aromatic carbocycles. The highest BCUT2D eigenvalue weighted by Crippen LogP contribution is 2.39. The first-order chi connectivity index (χ1) is 24.1. The number of benzene rings is 1. The molecule has 1 saturated carbocycles. The Morgan fingerprint density at radius 3 is 2.47 bits per heavy atom. The molecule has 0 radical (unpaired) electrons. The second-order valence-corrected chi connectivity index (χ2v) is 12.9. The van der Waals surface area contributed by atoms with E-state index in [-0.39, 0.29) is 6.10 Å². The number of nitriles is 1. The normalized spacial score (nSPS) is 22.8. The molecule has 0 spiro atoms. The second-order valence-electron chi connectivity index (χ2n) is 12.9. The molecule has 0 unspecified atom stereocenters. The van der Waals surface area contributed by atoms with Crippen molar-refractivity contribution < 1.29 is 18.9 Å². The van der Waals surface area contributed by atoms with Crippen molar-refractivity contribution in [1.29, 1.82) is 5.26 Å². The average molecular weight is 670 g/mol. The summed E-state index contributed by atoms with van der Waals surface area (Å²) >= 11 is 0. The maximum atomic E-state index is 9.67. The Hall–Kier alpha value is -4.65. The minimum absolute atomic E-state index is 0.269. The summed E-state index contributed by atoms with van der Waals surface area (Å²) in [7, 11) is 0. The summed E-state index contributed by atoms with van der Waals surface area (Å²) in [5.41, 5.74) is 2.75. The summed E-state index contributed by atoms with van der Waals surface area (Å²) in [5.74, 6) is 1.39. The molecule has 2 bridgehead atoms. The van der Waals surface area contributed by atoms with Gasteiger partial charge in [0.15, 0.2) is 0 Å². The van der Waals surface area contributed by atoms with E-state index >= 15 is 0 Å². The number of aromatic nitrogens is 8. The summed E-state index contributed by atoms with van der Waals surface area (Å²) in [6.07, 6.45) is 13.7. The van der Waals surface area contributed by atoms with E-state index in [1.807, 2.05) is 32.2 Å². The first-order valence-electron chi connectivity index (χ1n) is 17.2. The summed E-state index contributed by atoms with van der Waals surface area (Å²) in [6.45, 7) is 7.56. The lowest BCUT2D eigenvalue weighted by Gasteiger charge is -2.43. The van der Waals surface area contributed by atoms with Crippen LogP contribution >= 0.6 is 0 Å². The fourth-order valence-corrected chi connectivity index (χ4v) is 7.31. The highest BCUT2D eigenvalue weighted by Gasteiger charge is 2.42. The Balaban J connectivity index is 1.02. The topological polar surface area (TPSA) is 163 Å². The van der Waals surface area contributed by atoms with Crippen molar-refractivity contribution in [2.24, 2.45) is 0 Å². The Morgan fingerprint density at radius 1 is 1.00 bits per heavy atom. The Labute approximate surface area is 285 Å². The molecule has 2 aliphatic heterocycles. The van der Waals surface area contributed by atoms with E-state index in [2.05, 4.69) is 46.5 Å². The van der Waals surface area contributed by atoms with Crippen LogP contribution in [0.4, 0.5) is 11.6 Å². The molecule has 4 aromatic rings. The lowest BCUT2D eigenvalue weighted by molar-refractivity contribution is -0.0458. The molecule has 0 amide bonds. The van der Waals surface area contributed by atoms with E-state index in [0.29, 0.717) is 79.4 Å². The zero-order valence-corrected chi connectivity index (χ0v) is 28.0. The Bertz CT molecular complexity index is 1680. The maximum Gasteiger partial charge on any atom is 0.257 e. The first-order valence-corrected chi connectivity index (χ1v) is 17.2. The second kappa shape index (κ2) is 15.3. The van der Waals surface area contributed by atoms with Crippen LogP contribution in [-0.2, 0) is 16.0 Å². The molecule has 7 rings (SSSR count). The highest BCUT2D eigenvalue weighted by atomic mass is 16.5. The zero-order chi connectivity index (χ0) is 33.6. The molecule has 258 valence electrons. The Morgan fingerprint density at radius 2 is 1.76 bits per heavy atom. The van der Waals surface area contributed by atoms with Gasteiger partial charge in [0.1, 0.15) is 36.5 Å². The van der Waals surface area contributed by atoms with E-state index in [1.54, 1.807) is 23.1 Å². The van der Waals surface area contributed by atoms with Gasteiger partial charge in [-0.05, 0) is 80.5 Å². The standard InChI is InChI=1S/C34H43N11O4/c1-3-46-12-13-48-33-31(19-44(40-33)27-6-8-28(9-7-27)45-29-10-11-30(45)21-47-20-29)39-34-36-16-26(17-37-34)24-4-5-25(15-35)32(14-24)49-23(2)18-43-22-38-41-42-43/h4-5,14,16-17,19,22-23,27-30H,3,6-13,18,20-21H2,1-2H3,(H,36,37,39)/t23-,27-,28-,29-,30+/m0/s1. The van der Waals surface area contributed by atoms with Gasteiger partial charge in [-0.1, -0.05) is 6.07 Å². The largest absolute Gasteiger partial charge is 0.487 e. The van der Waals surface area contributed by atoms with E-state index < -0.39 is 0 Å². The Kier molecular flexibility index (Phi) is 10.2. The molecule has 3 aliphatic rings. The third-order valence-electron chi connectivity index (χ3n) is 9.62. The van der Waals surface area contributed by atoms with Gasteiger partial charge in [0.25, 0.3) is 5.88 Å². The third-order valence-corrected chi connectivity index (χ3v) is 9.62. The number of rotatable bonds is 14. The lowest BCUT2D eigenvalue weighted by Crippen LogP contribution is -2.52. The van der Waals surface area contributed by atoms with E-state index in [0.717, 1.165) is 50.0 Å². The van der Waals surface area contributed by atoms with Crippen molar-refractivity contribution in [2.45, 2.75) is 89.2 Å².